The summed E-state index contributed by atoms with van der Waals surface area (Å²) in [6.07, 6.45) is 0. The highest BCUT2D eigenvalue weighted by Gasteiger charge is 2.14. The van der Waals surface area contributed by atoms with E-state index >= 15 is 0 Å². The lowest BCUT2D eigenvalue weighted by atomic mass is 10.1. The van der Waals surface area contributed by atoms with E-state index in [0.29, 0.717) is 10.9 Å². The van der Waals surface area contributed by atoms with Crippen molar-refractivity contribution in [2.45, 2.75) is 6.92 Å². The van der Waals surface area contributed by atoms with Gasteiger partial charge in [-0.25, -0.2) is 14.0 Å². The minimum atomic E-state index is -0.781. The molecule has 0 radical (unpaired) electrons. The molecule has 0 fully saturated rings. The molecule has 4 nitrogen and oxygen atoms in total. The molecule has 1 aromatic carbocycles. The predicted molar refractivity (Wildman–Crippen MR) is 58.5 cm³/mol. The Bertz CT molecular complexity index is 657. The van der Waals surface area contributed by atoms with Gasteiger partial charge in [0.05, 0.1) is 12.7 Å². The van der Waals surface area contributed by atoms with Gasteiger partial charge in [-0.2, -0.15) is 0 Å². The molecule has 17 heavy (non-hydrogen) atoms. The topological polar surface area (TPSA) is 56.5 Å². The van der Waals surface area contributed by atoms with Gasteiger partial charge in [0.1, 0.15) is 11.4 Å². The molecule has 0 atom stereocenters. The number of carbonyl (C=O) groups is 1. The first kappa shape index (κ1) is 11.3. The van der Waals surface area contributed by atoms with Gasteiger partial charge in [-0.05, 0) is 19.1 Å². The van der Waals surface area contributed by atoms with Crippen LogP contribution in [0.5, 0.6) is 0 Å². The fraction of sp³-hybridized carbons (Fsp3) is 0.167. The van der Waals surface area contributed by atoms with E-state index in [1.165, 1.54) is 19.2 Å². The number of benzene rings is 1. The summed E-state index contributed by atoms with van der Waals surface area (Å²) in [4.78, 5) is 22.5. The second kappa shape index (κ2) is 4.01. The highest BCUT2D eigenvalue weighted by Crippen LogP contribution is 2.19. The summed E-state index contributed by atoms with van der Waals surface area (Å²) in [5.74, 6) is -1.55. The average molecular weight is 236 g/mol. The maximum Gasteiger partial charge on any atom is 0.340 e. The standard InChI is InChI=1S/C12H9FO4/c1-6-3-7-4-8(12(15)16-2)9(13)5-10(7)17-11(6)14/h3-5H,1-2H3. The average Bonchev–Trinajstić information content (AvgIpc) is 2.30. The molecular formula is C12H9FO4. The molecule has 2 aromatic rings. The number of fused-ring (bicyclic) bond motifs is 1. The third-order valence-corrected chi connectivity index (χ3v) is 2.40. The zero-order valence-corrected chi connectivity index (χ0v) is 9.24. The number of halogens is 1. The lowest BCUT2D eigenvalue weighted by Gasteiger charge is -2.03. The summed E-state index contributed by atoms with van der Waals surface area (Å²) in [5.41, 5.74) is -0.221. The Balaban J connectivity index is 2.76. The third-order valence-electron chi connectivity index (χ3n) is 2.40. The zero-order valence-electron chi connectivity index (χ0n) is 9.24. The SMILES string of the molecule is COC(=O)c1cc2cc(C)c(=O)oc2cc1F. The van der Waals surface area contributed by atoms with Crippen molar-refractivity contribution in [2.24, 2.45) is 0 Å². The van der Waals surface area contributed by atoms with E-state index in [0.717, 1.165) is 6.07 Å². The van der Waals surface area contributed by atoms with Crippen LogP contribution in [0, 0.1) is 12.7 Å². The fourth-order valence-electron chi connectivity index (χ4n) is 1.51. The quantitative estimate of drug-likeness (QED) is 0.561. The van der Waals surface area contributed by atoms with E-state index in [-0.39, 0.29) is 11.1 Å². The predicted octanol–water partition coefficient (Wildman–Crippen LogP) is 2.03. The molecule has 1 aromatic heterocycles. The highest BCUT2D eigenvalue weighted by atomic mass is 19.1. The normalized spacial score (nSPS) is 10.5. The lowest BCUT2D eigenvalue weighted by molar-refractivity contribution is 0.0595. The molecule has 0 spiro atoms. The van der Waals surface area contributed by atoms with Crippen LogP contribution in [-0.4, -0.2) is 13.1 Å². The molecule has 2 rings (SSSR count). The molecule has 0 unspecified atom stereocenters. The molecule has 0 N–H and O–H groups in total. The van der Waals surface area contributed by atoms with Crippen molar-refractivity contribution in [3.05, 3.63) is 45.6 Å². The molecule has 0 aliphatic carbocycles. The van der Waals surface area contributed by atoms with Crippen LogP contribution in [0.2, 0.25) is 0 Å². The van der Waals surface area contributed by atoms with Crippen molar-refractivity contribution in [3.8, 4) is 0 Å². The molecule has 88 valence electrons. The summed E-state index contributed by atoms with van der Waals surface area (Å²) < 4.78 is 22.9. The number of hydrogen-bond acceptors (Lipinski definition) is 4. The van der Waals surface area contributed by atoms with Crippen molar-refractivity contribution < 1.29 is 18.3 Å². The zero-order chi connectivity index (χ0) is 12.6. The number of ether oxygens (including phenoxy) is 1. The van der Waals surface area contributed by atoms with E-state index in [1.807, 2.05) is 0 Å². The Morgan fingerprint density at radius 1 is 1.35 bits per heavy atom. The van der Waals surface area contributed by atoms with Crippen LogP contribution < -0.4 is 5.63 Å². The van der Waals surface area contributed by atoms with Crippen LogP contribution in [-0.2, 0) is 4.74 Å². The lowest BCUT2D eigenvalue weighted by Crippen LogP contribution is -2.06. The molecule has 0 amide bonds. The highest BCUT2D eigenvalue weighted by molar-refractivity contribution is 5.94. The van der Waals surface area contributed by atoms with Crippen LogP contribution in [0.4, 0.5) is 4.39 Å². The number of rotatable bonds is 1. The molecule has 5 heteroatoms. The largest absolute Gasteiger partial charge is 0.465 e. The Labute approximate surface area is 95.6 Å². The third kappa shape index (κ3) is 1.91. The van der Waals surface area contributed by atoms with Crippen molar-refractivity contribution >= 4 is 16.9 Å². The molecule has 0 aliphatic rings. The van der Waals surface area contributed by atoms with Crippen LogP contribution >= 0.6 is 0 Å². The molecule has 0 aliphatic heterocycles. The monoisotopic (exact) mass is 236 g/mol. The van der Waals surface area contributed by atoms with E-state index in [4.69, 9.17) is 4.42 Å². The van der Waals surface area contributed by atoms with Gasteiger partial charge in [0.2, 0.25) is 0 Å². The Kier molecular flexibility index (Phi) is 2.67. The smallest absolute Gasteiger partial charge is 0.340 e. The number of hydrogen-bond donors (Lipinski definition) is 0. The fourth-order valence-corrected chi connectivity index (χ4v) is 1.51. The van der Waals surface area contributed by atoms with E-state index in [1.54, 1.807) is 6.92 Å². The van der Waals surface area contributed by atoms with Gasteiger partial charge in [-0.1, -0.05) is 0 Å². The van der Waals surface area contributed by atoms with E-state index < -0.39 is 17.4 Å². The summed E-state index contributed by atoms with van der Waals surface area (Å²) in [6.45, 7) is 1.58. The Morgan fingerprint density at radius 3 is 2.71 bits per heavy atom. The van der Waals surface area contributed by atoms with Gasteiger partial charge >= 0.3 is 11.6 Å². The first-order valence-electron chi connectivity index (χ1n) is 4.85. The first-order valence-corrected chi connectivity index (χ1v) is 4.85. The molecular weight excluding hydrogens is 227 g/mol. The first-order chi connectivity index (χ1) is 8.02. The van der Waals surface area contributed by atoms with Gasteiger partial charge < -0.3 is 9.15 Å². The number of carbonyl (C=O) groups excluding carboxylic acids is 1. The minimum Gasteiger partial charge on any atom is -0.465 e. The van der Waals surface area contributed by atoms with Crippen molar-refractivity contribution in [3.63, 3.8) is 0 Å². The maximum atomic E-state index is 13.5. The van der Waals surface area contributed by atoms with Crippen LogP contribution in [0.15, 0.2) is 27.4 Å². The summed E-state index contributed by atoms with van der Waals surface area (Å²) in [7, 11) is 1.17. The van der Waals surface area contributed by atoms with Gasteiger partial charge in [-0.3, -0.25) is 0 Å². The van der Waals surface area contributed by atoms with E-state index in [9.17, 15) is 14.0 Å². The van der Waals surface area contributed by atoms with Gasteiger partial charge in [0.15, 0.2) is 0 Å². The molecule has 0 bridgehead atoms. The summed E-state index contributed by atoms with van der Waals surface area (Å²) >= 11 is 0. The van der Waals surface area contributed by atoms with Crippen LogP contribution in [0.3, 0.4) is 0 Å². The minimum absolute atomic E-state index is 0.103. The maximum absolute atomic E-state index is 13.5. The number of methoxy groups -OCH3 is 1. The number of aryl methyl sites for hydroxylation is 1. The number of esters is 1. The van der Waals surface area contributed by atoms with Crippen molar-refractivity contribution in [1.82, 2.24) is 0 Å². The molecule has 1 heterocycles. The van der Waals surface area contributed by atoms with Gasteiger partial charge in [-0.15, -0.1) is 0 Å². The van der Waals surface area contributed by atoms with Crippen molar-refractivity contribution in [2.75, 3.05) is 7.11 Å². The second-order valence-corrected chi connectivity index (χ2v) is 3.58. The summed E-state index contributed by atoms with van der Waals surface area (Å²) in [6, 6.07) is 3.84. The Hall–Kier alpha value is -2.17. The van der Waals surface area contributed by atoms with Crippen molar-refractivity contribution in [1.29, 1.82) is 0 Å². The van der Waals surface area contributed by atoms with Gasteiger partial charge in [0, 0.05) is 17.0 Å². The van der Waals surface area contributed by atoms with Gasteiger partial charge in [0.25, 0.3) is 0 Å². The molecule has 0 saturated heterocycles. The van der Waals surface area contributed by atoms with E-state index in [2.05, 4.69) is 4.74 Å². The van der Waals surface area contributed by atoms with Crippen LogP contribution in [0.1, 0.15) is 15.9 Å². The Morgan fingerprint density at radius 2 is 2.06 bits per heavy atom. The second-order valence-electron chi connectivity index (χ2n) is 3.58. The van der Waals surface area contributed by atoms with Crippen LogP contribution in [0.25, 0.3) is 11.0 Å². The summed E-state index contributed by atoms with van der Waals surface area (Å²) in [5, 5.41) is 0.476. The molecule has 0 saturated carbocycles.